The van der Waals surface area contributed by atoms with Gasteiger partial charge in [-0.2, -0.15) is 0 Å². The molecule has 0 N–H and O–H groups in total. The van der Waals surface area contributed by atoms with Crippen molar-refractivity contribution in [2.75, 3.05) is 0 Å². The maximum atomic E-state index is 5.04. The molecular weight excluding hydrogens is 546 g/mol. The lowest BCUT2D eigenvalue weighted by atomic mass is 9.82. The van der Waals surface area contributed by atoms with Gasteiger partial charge >= 0.3 is 0 Å². The van der Waals surface area contributed by atoms with Crippen molar-refractivity contribution in [3.05, 3.63) is 163 Å². The van der Waals surface area contributed by atoms with Crippen LogP contribution in [0.3, 0.4) is 0 Å². The second-order valence-corrected chi connectivity index (χ2v) is 12.2. The number of hydrogen-bond acceptors (Lipinski definition) is 3. The average Bonchev–Trinajstić information content (AvgIpc) is 3.34. The van der Waals surface area contributed by atoms with Gasteiger partial charge in [-0.15, -0.1) is 0 Å². The highest BCUT2D eigenvalue weighted by Crippen LogP contribution is 2.49. The van der Waals surface area contributed by atoms with Crippen LogP contribution in [0.1, 0.15) is 25.0 Å². The zero-order valence-electron chi connectivity index (χ0n) is 25.3. The van der Waals surface area contributed by atoms with E-state index in [2.05, 4.69) is 134 Å². The Morgan fingerprint density at radius 2 is 0.978 bits per heavy atom. The lowest BCUT2D eigenvalue weighted by molar-refractivity contribution is 0.660. The zero-order valence-corrected chi connectivity index (χ0v) is 25.3. The van der Waals surface area contributed by atoms with E-state index in [0.29, 0.717) is 5.82 Å². The molecule has 0 saturated heterocycles. The largest absolute Gasteiger partial charge is 0.264 e. The summed E-state index contributed by atoms with van der Waals surface area (Å²) in [5.74, 6) is 0.711. The van der Waals surface area contributed by atoms with E-state index >= 15 is 0 Å². The van der Waals surface area contributed by atoms with E-state index in [1.165, 1.54) is 33.4 Å². The number of pyridine rings is 1. The van der Waals surface area contributed by atoms with Gasteiger partial charge in [0.1, 0.15) is 0 Å². The number of fused-ring (bicyclic) bond motifs is 3. The van der Waals surface area contributed by atoms with Crippen molar-refractivity contribution >= 4 is 0 Å². The summed E-state index contributed by atoms with van der Waals surface area (Å²) >= 11 is 0. The summed E-state index contributed by atoms with van der Waals surface area (Å²) in [5, 5.41) is 0. The Morgan fingerprint density at radius 1 is 0.422 bits per heavy atom. The van der Waals surface area contributed by atoms with Gasteiger partial charge in [-0.3, -0.25) is 4.98 Å². The quantitative estimate of drug-likeness (QED) is 0.204. The van der Waals surface area contributed by atoms with E-state index in [1.807, 2.05) is 30.5 Å². The first-order valence-electron chi connectivity index (χ1n) is 15.4. The molecule has 1 aliphatic carbocycles. The molecule has 3 heteroatoms. The molecule has 5 aromatic carbocycles. The topological polar surface area (TPSA) is 38.7 Å². The Labute approximate surface area is 264 Å². The number of aromatic nitrogens is 3. The van der Waals surface area contributed by atoms with Gasteiger partial charge in [0.2, 0.25) is 0 Å². The molecule has 45 heavy (non-hydrogen) atoms. The molecule has 8 rings (SSSR count). The molecule has 0 radical (unpaired) electrons. The van der Waals surface area contributed by atoms with Gasteiger partial charge < -0.3 is 0 Å². The number of hydrogen-bond donors (Lipinski definition) is 0. The molecule has 0 spiro atoms. The smallest absolute Gasteiger partial charge is 0.160 e. The minimum absolute atomic E-state index is 0.00850. The van der Waals surface area contributed by atoms with E-state index in [9.17, 15) is 0 Å². The second kappa shape index (κ2) is 10.8. The van der Waals surface area contributed by atoms with E-state index in [-0.39, 0.29) is 5.41 Å². The molecule has 0 atom stereocenters. The molecule has 0 saturated carbocycles. The molecule has 0 amide bonds. The molecule has 0 fully saturated rings. The summed E-state index contributed by atoms with van der Waals surface area (Å²) in [6.07, 6.45) is 3.68. The van der Waals surface area contributed by atoms with Crippen LogP contribution in [-0.2, 0) is 5.41 Å². The molecule has 1 aliphatic rings. The van der Waals surface area contributed by atoms with E-state index in [0.717, 1.165) is 39.2 Å². The molecule has 214 valence electrons. The van der Waals surface area contributed by atoms with Crippen molar-refractivity contribution in [2.45, 2.75) is 19.3 Å². The lowest BCUT2D eigenvalue weighted by Crippen LogP contribution is -2.14. The summed E-state index contributed by atoms with van der Waals surface area (Å²) in [6, 6.07) is 49.3. The van der Waals surface area contributed by atoms with Crippen LogP contribution in [0.5, 0.6) is 0 Å². The molecule has 2 heterocycles. The van der Waals surface area contributed by atoms with Gasteiger partial charge in [0.15, 0.2) is 5.82 Å². The van der Waals surface area contributed by atoms with Gasteiger partial charge in [-0.25, -0.2) is 9.97 Å². The zero-order chi connectivity index (χ0) is 30.4. The summed E-state index contributed by atoms with van der Waals surface area (Å²) < 4.78 is 0. The normalized spacial score (nSPS) is 12.8. The molecule has 3 nitrogen and oxygen atoms in total. The third kappa shape index (κ3) is 4.83. The monoisotopic (exact) mass is 577 g/mol. The SMILES string of the molecule is CC1(C)c2ccccc2-c2cc(-c3ccc(-c4cc(-c5ccc(-c6cccnc6)cc5)nc(-c5ccccc5)n4)cc3)ccc21. The minimum atomic E-state index is 0.00850. The Morgan fingerprint density at radius 3 is 1.64 bits per heavy atom. The summed E-state index contributed by atoms with van der Waals surface area (Å²) in [7, 11) is 0. The fourth-order valence-electron chi connectivity index (χ4n) is 6.56. The van der Waals surface area contributed by atoms with Crippen LogP contribution in [0.15, 0.2) is 152 Å². The van der Waals surface area contributed by atoms with Crippen molar-refractivity contribution in [2.24, 2.45) is 0 Å². The van der Waals surface area contributed by atoms with E-state index in [4.69, 9.17) is 9.97 Å². The maximum absolute atomic E-state index is 5.04. The van der Waals surface area contributed by atoms with E-state index < -0.39 is 0 Å². The predicted molar refractivity (Wildman–Crippen MR) is 185 cm³/mol. The van der Waals surface area contributed by atoms with Gasteiger partial charge in [0.25, 0.3) is 0 Å². The van der Waals surface area contributed by atoms with Crippen LogP contribution in [0.25, 0.3) is 67.3 Å². The number of benzene rings is 5. The van der Waals surface area contributed by atoms with Gasteiger partial charge in [0, 0.05) is 34.5 Å². The fraction of sp³-hybridized carbons (Fsp3) is 0.0714. The molecule has 2 aromatic heterocycles. The van der Waals surface area contributed by atoms with Crippen LogP contribution < -0.4 is 0 Å². The van der Waals surface area contributed by atoms with Crippen LogP contribution in [-0.4, -0.2) is 15.0 Å². The third-order valence-electron chi connectivity index (χ3n) is 9.03. The van der Waals surface area contributed by atoms with Gasteiger partial charge in [-0.1, -0.05) is 135 Å². The number of nitrogens with zero attached hydrogens (tertiary/aromatic N) is 3. The van der Waals surface area contributed by atoms with Crippen LogP contribution in [0.2, 0.25) is 0 Å². The molecule has 7 aromatic rings. The Hall–Kier alpha value is -5.67. The predicted octanol–water partition coefficient (Wildman–Crippen LogP) is 10.5. The maximum Gasteiger partial charge on any atom is 0.160 e. The Balaban J connectivity index is 1.16. The Bertz CT molecular complexity index is 2150. The van der Waals surface area contributed by atoms with Crippen LogP contribution in [0.4, 0.5) is 0 Å². The van der Waals surface area contributed by atoms with Gasteiger partial charge in [0.05, 0.1) is 11.4 Å². The second-order valence-electron chi connectivity index (χ2n) is 12.2. The van der Waals surface area contributed by atoms with Crippen molar-refractivity contribution in [1.82, 2.24) is 15.0 Å². The third-order valence-corrected chi connectivity index (χ3v) is 9.03. The molecular formula is C42H31N3. The summed E-state index contributed by atoms with van der Waals surface area (Å²) in [6.45, 7) is 4.64. The lowest BCUT2D eigenvalue weighted by Gasteiger charge is -2.21. The fourth-order valence-corrected chi connectivity index (χ4v) is 6.56. The minimum Gasteiger partial charge on any atom is -0.264 e. The molecule has 0 aliphatic heterocycles. The van der Waals surface area contributed by atoms with E-state index in [1.54, 1.807) is 6.20 Å². The highest BCUT2D eigenvalue weighted by molar-refractivity contribution is 5.85. The van der Waals surface area contributed by atoms with Gasteiger partial charge in [-0.05, 0) is 62.7 Å². The summed E-state index contributed by atoms with van der Waals surface area (Å²) in [5.41, 5.74) is 15.0. The molecule has 0 unspecified atom stereocenters. The van der Waals surface area contributed by atoms with Crippen LogP contribution in [0, 0.1) is 0 Å². The Kier molecular flexibility index (Phi) is 6.46. The van der Waals surface area contributed by atoms with Crippen molar-refractivity contribution in [3.8, 4) is 67.3 Å². The first-order valence-corrected chi connectivity index (χ1v) is 15.4. The highest BCUT2D eigenvalue weighted by atomic mass is 14.9. The first kappa shape index (κ1) is 26.9. The van der Waals surface area contributed by atoms with Crippen molar-refractivity contribution in [1.29, 1.82) is 0 Å². The number of rotatable bonds is 5. The van der Waals surface area contributed by atoms with Crippen molar-refractivity contribution in [3.63, 3.8) is 0 Å². The summed E-state index contributed by atoms with van der Waals surface area (Å²) in [4.78, 5) is 14.3. The average molecular weight is 578 g/mol. The van der Waals surface area contributed by atoms with Crippen LogP contribution >= 0.6 is 0 Å². The van der Waals surface area contributed by atoms with Crippen molar-refractivity contribution < 1.29 is 0 Å². The first-order chi connectivity index (χ1) is 22.0. The molecule has 0 bridgehead atoms. The standard InChI is InChI=1S/C42H31N3/c1-42(2)37-13-7-6-12-35(37)36-25-33(22-23-38(36)42)28-14-18-30(19-15-28)39-26-40(45-41(44-39)32-9-4-3-5-10-32)31-20-16-29(17-21-31)34-11-8-24-43-27-34/h3-27H,1-2H3. The highest BCUT2D eigenvalue weighted by Gasteiger charge is 2.35.